The first-order valence-corrected chi connectivity index (χ1v) is 10.8. The molecule has 4 nitrogen and oxygen atoms in total. The van der Waals surface area contributed by atoms with Crippen molar-refractivity contribution in [3.63, 3.8) is 0 Å². The zero-order chi connectivity index (χ0) is 19.9. The van der Waals surface area contributed by atoms with Crippen LogP contribution in [0, 0.1) is 0 Å². The van der Waals surface area contributed by atoms with Crippen LogP contribution in [0.1, 0.15) is 22.1 Å². The first kappa shape index (κ1) is 19.4. The molecule has 0 spiro atoms. The number of hydrogen-bond acceptors (Lipinski definition) is 3. The highest BCUT2D eigenvalue weighted by Gasteiger charge is 2.30. The van der Waals surface area contributed by atoms with Crippen LogP contribution in [0.2, 0.25) is 0 Å². The van der Waals surface area contributed by atoms with E-state index >= 15 is 0 Å². The van der Waals surface area contributed by atoms with E-state index in [2.05, 4.69) is 23.5 Å². The molecule has 4 rings (SSSR count). The summed E-state index contributed by atoms with van der Waals surface area (Å²) >= 11 is 1.79. The second kappa shape index (κ2) is 9.52. The highest BCUT2D eigenvalue weighted by Crippen LogP contribution is 2.38. The number of urea groups is 1. The highest BCUT2D eigenvalue weighted by molar-refractivity contribution is 7.99. The Hall–Kier alpha value is -2.92. The fraction of sp³-hybridized carbons (Fsp3) is 0.208. The van der Waals surface area contributed by atoms with Gasteiger partial charge in [0.25, 0.3) is 0 Å². The Balaban J connectivity index is 1.39. The van der Waals surface area contributed by atoms with Crippen molar-refractivity contribution in [2.45, 2.75) is 18.5 Å². The number of rotatable bonds is 6. The van der Waals surface area contributed by atoms with Crippen molar-refractivity contribution in [3.8, 4) is 5.75 Å². The van der Waals surface area contributed by atoms with Crippen molar-refractivity contribution in [1.29, 1.82) is 0 Å². The molecule has 5 heteroatoms. The molecular weight excluding hydrogens is 380 g/mol. The molecule has 0 bridgehead atoms. The third-order valence-corrected chi connectivity index (χ3v) is 6.09. The summed E-state index contributed by atoms with van der Waals surface area (Å²) in [6.07, 6.45) is 0. The maximum Gasteiger partial charge on any atom is 0.318 e. The van der Waals surface area contributed by atoms with Crippen molar-refractivity contribution >= 4 is 17.8 Å². The molecule has 0 aliphatic carbocycles. The Morgan fingerprint density at radius 2 is 1.69 bits per heavy atom. The number of nitrogens with zero attached hydrogens (tertiary/aromatic N) is 1. The van der Waals surface area contributed by atoms with E-state index in [1.54, 1.807) is 11.8 Å². The van der Waals surface area contributed by atoms with Gasteiger partial charge in [-0.1, -0.05) is 72.8 Å². The van der Waals surface area contributed by atoms with Gasteiger partial charge >= 0.3 is 6.03 Å². The van der Waals surface area contributed by atoms with Gasteiger partial charge in [0.05, 0.1) is 0 Å². The summed E-state index contributed by atoms with van der Waals surface area (Å²) in [6.45, 7) is 1.81. The first-order valence-electron chi connectivity index (χ1n) is 9.76. The summed E-state index contributed by atoms with van der Waals surface area (Å²) in [6, 6.07) is 28.1. The minimum atomic E-state index is -0.0283. The van der Waals surface area contributed by atoms with E-state index in [9.17, 15) is 4.79 Å². The average molecular weight is 405 g/mol. The third-order valence-electron chi connectivity index (χ3n) is 4.83. The molecule has 1 atom stereocenters. The van der Waals surface area contributed by atoms with E-state index in [1.165, 1.54) is 0 Å². The maximum absolute atomic E-state index is 12.8. The minimum Gasteiger partial charge on any atom is -0.489 e. The lowest BCUT2D eigenvalue weighted by atomic mass is 10.2. The largest absolute Gasteiger partial charge is 0.489 e. The topological polar surface area (TPSA) is 41.6 Å². The Labute approximate surface area is 175 Å². The lowest BCUT2D eigenvalue weighted by Crippen LogP contribution is -2.39. The molecule has 3 aromatic rings. The number of amides is 2. The third kappa shape index (κ3) is 5.12. The normalized spacial score (nSPS) is 15.9. The number of thioether (sulfide) groups is 1. The minimum absolute atomic E-state index is 0.00560. The SMILES string of the molecule is O=C(NCc1ccccc1)N1CCS[C@@H]1c1cccc(OCc2ccccc2)c1. The van der Waals surface area contributed by atoms with Crippen LogP contribution < -0.4 is 10.1 Å². The van der Waals surface area contributed by atoms with Gasteiger partial charge in [-0.2, -0.15) is 0 Å². The smallest absolute Gasteiger partial charge is 0.318 e. The van der Waals surface area contributed by atoms with E-state index in [1.807, 2.05) is 71.6 Å². The van der Waals surface area contributed by atoms with Gasteiger partial charge in [0.1, 0.15) is 17.7 Å². The molecule has 1 aliphatic rings. The van der Waals surface area contributed by atoms with E-state index in [0.29, 0.717) is 13.2 Å². The van der Waals surface area contributed by atoms with E-state index in [0.717, 1.165) is 34.7 Å². The van der Waals surface area contributed by atoms with Gasteiger partial charge < -0.3 is 15.0 Å². The summed E-state index contributed by atoms with van der Waals surface area (Å²) in [5.41, 5.74) is 3.32. The molecule has 1 N–H and O–H groups in total. The summed E-state index contributed by atoms with van der Waals surface area (Å²) in [5.74, 6) is 1.75. The zero-order valence-electron chi connectivity index (χ0n) is 16.2. The van der Waals surface area contributed by atoms with Crippen molar-refractivity contribution in [3.05, 3.63) is 102 Å². The van der Waals surface area contributed by atoms with Crippen molar-refractivity contribution < 1.29 is 9.53 Å². The van der Waals surface area contributed by atoms with E-state index < -0.39 is 0 Å². The number of ether oxygens (including phenoxy) is 1. The monoisotopic (exact) mass is 404 g/mol. The Morgan fingerprint density at radius 1 is 0.966 bits per heavy atom. The number of carbonyl (C=O) groups excluding carboxylic acids is 1. The fourth-order valence-corrected chi connectivity index (χ4v) is 4.57. The van der Waals surface area contributed by atoms with Crippen LogP contribution in [-0.2, 0) is 13.2 Å². The molecule has 1 saturated heterocycles. The molecule has 0 unspecified atom stereocenters. The maximum atomic E-state index is 12.8. The standard InChI is InChI=1S/C24H24N2O2S/c27-24(25-17-19-8-3-1-4-9-19)26-14-15-29-23(26)21-12-7-13-22(16-21)28-18-20-10-5-2-6-11-20/h1-13,16,23H,14-15,17-18H2,(H,25,27)/t23-/m1/s1. The molecule has 1 heterocycles. The molecule has 0 radical (unpaired) electrons. The average Bonchev–Trinajstić information content (AvgIpc) is 3.28. The molecule has 148 valence electrons. The first-order chi connectivity index (χ1) is 14.3. The number of carbonyl (C=O) groups is 1. The van der Waals surface area contributed by atoms with Crippen LogP contribution in [0.5, 0.6) is 5.75 Å². The van der Waals surface area contributed by atoms with Gasteiger partial charge in [0, 0.05) is 18.8 Å². The van der Waals surface area contributed by atoms with Crippen LogP contribution in [0.4, 0.5) is 4.79 Å². The van der Waals surface area contributed by atoms with Gasteiger partial charge in [-0.15, -0.1) is 11.8 Å². The molecule has 1 fully saturated rings. The number of hydrogen-bond donors (Lipinski definition) is 1. The second-order valence-electron chi connectivity index (χ2n) is 6.91. The molecular formula is C24H24N2O2S. The fourth-order valence-electron chi connectivity index (χ4n) is 3.33. The number of nitrogens with one attached hydrogen (secondary N) is 1. The summed E-state index contributed by atoms with van der Waals surface area (Å²) in [5, 5.41) is 3.05. The van der Waals surface area contributed by atoms with Crippen LogP contribution >= 0.6 is 11.8 Å². The van der Waals surface area contributed by atoms with E-state index in [-0.39, 0.29) is 11.4 Å². The summed E-state index contributed by atoms with van der Waals surface area (Å²) < 4.78 is 5.97. The summed E-state index contributed by atoms with van der Waals surface area (Å²) in [7, 11) is 0. The number of benzene rings is 3. The molecule has 2 amide bonds. The molecule has 1 aliphatic heterocycles. The van der Waals surface area contributed by atoms with Crippen molar-refractivity contribution in [2.24, 2.45) is 0 Å². The Kier molecular flexibility index (Phi) is 6.37. The van der Waals surface area contributed by atoms with Crippen molar-refractivity contribution in [2.75, 3.05) is 12.3 Å². The molecule has 0 saturated carbocycles. The summed E-state index contributed by atoms with van der Waals surface area (Å²) in [4.78, 5) is 14.7. The van der Waals surface area contributed by atoms with Crippen molar-refractivity contribution in [1.82, 2.24) is 10.2 Å². The van der Waals surface area contributed by atoms with Crippen LogP contribution in [0.3, 0.4) is 0 Å². The Bertz CT molecular complexity index is 934. The quantitative estimate of drug-likeness (QED) is 0.612. The van der Waals surface area contributed by atoms with E-state index in [4.69, 9.17) is 4.74 Å². The predicted molar refractivity (Wildman–Crippen MR) is 118 cm³/mol. The van der Waals surface area contributed by atoms with Gasteiger partial charge in [-0.05, 0) is 28.8 Å². The zero-order valence-corrected chi connectivity index (χ0v) is 17.0. The molecule has 29 heavy (non-hydrogen) atoms. The predicted octanol–water partition coefficient (Wildman–Crippen LogP) is 5.22. The van der Waals surface area contributed by atoms with Gasteiger partial charge in [0.2, 0.25) is 0 Å². The lowest BCUT2D eigenvalue weighted by Gasteiger charge is -2.25. The molecule has 3 aromatic carbocycles. The lowest BCUT2D eigenvalue weighted by molar-refractivity contribution is 0.199. The van der Waals surface area contributed by atoms with Crippen LogP contribution in [0.15, 0.2) is 84.9 Å². The van der Waals surface area contributed by atoms with Crippen LogP contribution in [0.25, 0.3) is 0 Å². The molecule has 0 aromatic heterocycles. The van der Waals surface area contributed by atoms with Crippen LogP contribution in [-0.4, -0.2) is 23.2 Å². The highest BCUT2D eigenvalue weighted by atomic mass is 32.2. The Morgan fingerprint density at radius 3 is 2.45 bits per heavy atom. The second-order valence-corrected chi connectivity index (χ2v) is 8.10. The van der Waals surface area contributed by atoms with Gasteiger partial charge in [0.15, 0.2) is 0 Å². The van der Waals surface area contributed by atoms with Gasteiger partial charge in [-0.3, -0.25) is 0 Å². The van der Waals surface area contributed by atoms with Gasteiger partial charge in [-0.25, -0.2) is 4.79 Å².